The van der Waals surface area contributed by atoms with E-state index in [1.165, 1.54) is 0 Å². The predicted octanol–water partition coefficient (Wildman–Crippen LogP) is -2.19. The van der Waals surface area contributed by atoms with Crippen LogP contribution in [-0.2, 0) is 9.59 Å². The number of hydrogen-bond donors (Lipinski definition) is 3. The summed E-state index contributed by atoms with van der Waals surface area (Å²) in [4.78, 5) is 19.9. The quantitative estimate of drug-likeness (QED) is 0.471. The average molecular weight is 224 g/mol. The Balaban J connectivity index is 0. The summed E-state index contributed by atoms with van der Waals surface area (Å²) in [5, 5.41) is 16.3. The van der Waals surface area contributed by atoms with E-state index in [4.69, 9.17) is 15.9 Å². The molecule has 0 spiro atoms. The van der Waals surface area contributed by atoms with E-state index in [0.29, 0.717) is 0 Å². The van der Waals surface area contributed by atoms with E-state index in [1.54, 1.807) is 0 Å². The topological polar surface area (TPSA) is 101 Å². The second-order valence-electron chi connectivity index (χ2n) is 1.88. The van der Waals surface area contributed by atoms with Crippen LogP contribution in [0.1, 0.15) is 12.8 Å². The number of carboxylic acid groups (broad SMARTS) is 2. The van der Waals surface area contributed by atoms with E-state index >= 15 is 0 Å². The number of carbonyl (C=O) groups is 2. The van der Waals surface area contributed by atoms with Gasteiger partial charge in [0.1, 0.15) is 6.04 Å². The summed E-state index contributed by atoms with van der Waals surface area (Å²) in [7, 11) is 0. The third-order valence-corrected chi connectivity index (χ3v) is 0.986. The van der Waals surface area contributed by atoms with Crippen molar-refractivity contribution in [3.63, 3.8) is 0 Å². The van der Waals surface area contributed by atoms with Gasteiger partial charge in [0.05, 0.1) is 0 Å². The standard InChI is InChI=1S/C5H9NO4.GeH4/c6-3(5(9)10)1-2-4(7)8;/h3H,1-2,6H2,(H,7,8)(H,9,10);1H4. The minimum atomic E-state index is -1.17. The zero-order valence-electron chi connectivity index (χ0n) is 5.28. The molecule has 11 heavy (non-hydrogen) atoms. The van der Waals surface area contributed by atoms with Gasteiger partial charge >= 0.3 is 29.5 Å². The van der Waals surface area contributed by atoms with Crippen LogP contribution >= 0.6 is 0 Å². The zero-order valence-corrected chi connectivity index (χ0v) is 5.28. The van der Waals surface area contributed by atoms with Crippen LogP contribution in [0.25, 0.3) is 0 Å². The van der Waals surface area contributed by atoms with Crippen LogP contribution < -0.4 is 5.73 Å². The Hall–Kier alpha value is -0.557. The van der Waals surface area contributed by atoms with Crippen molar-refractivity contribution in [2.75, 3.05) is 0 Å². The maximum atomic E-state index is 9.99. The van der Waals surface area contributed by atoms with E-state index in [1.807, 2.05) is 0 Å². The number of rotatable bonds is 4. The molecule has 0 aliphatic carbocycles. The van der Waals surface area contributed by atoms with Crippen LogP contribution in [0.4, 0.5) is 0 Å². The molecule has 0 aliphatic rings. The number of hydrogen-bond acceptors (Lipinski definition) is 3. The van der Waals surface area contributed by atoms with Crippen LogP contribution in [0.3, 0.4) is 0 Å². The van der Waals surface area contributed by atoms with E-state index in [-0.39, 0.29) is 30.4 Å². The first-order valence-electron chi connectivity index (χ1n) is 2.74. The molecule has 0 radical (unpaired) electrons. The number of aliphatic carboxylic acids is 2. The van der Waals surface area contributed by atoms with Gasteiger partial charge in [0, 0.05) is 6.42 Å². The van der Waals surface area contributed by atoms with Crippen LogP contribution in [0.15, 0.2) is 0 Å². The average Bonchev–Trinajstić information content (AvgIpc) is 1.82. The molecule has 0 fully saturated rings. The molecule has 0 saturated carbocycles. The number of carboxylic acids is 2. The molecule has 0 aliphatic heterocycles. The summed E-state index contributed by atoms with van der Waals surface area (Å²) in [5.41, 5.74) is 5.00. The summed E-state index contributed by atoms with van der Waals surface area (Å²) in [6.45, 7) is 0. The van der Waals surface area contributed by atoms with Gasteiger partial charge in [-0.1, -0.05) is 0 Å². The van der Waals surface area contributed by atoms with Crippen molar-refractivity contribution < 1.29 is 19.8 Å². The fraction of sp³-hybridized carbons (Fsp3) is 0.600. The Morgan fingerprint density at radius 3 is 2.09 bits per heavy atom. The molecule has 0 rings (SSSR count). The molecule has 0 aromatic heterocycles. The third-order valence-electron chi connectivity index (χ3n) is 0.986. The molecule has 66 valence electrons. The molecule has 0 aromatic carbocycles. The second-order valence-corrected chi connectivity index (χ2v) is 1.88. The van der Waals surface area contributed by atoms with E-state index in [0.717, 1.165) is 0 Å². The molecule has 0 aromatic rings. The Morgan fingerprint density at radius 1 is 1.36 bits per heavy atom. The van der Waals surface area contributed by atoms with Crippen molar-refractivity contribution in [2.45, 2.75) is 18.9 Å². The molecular weight excluding hydrogens is 211 g/mol. The first-order chi connectivity index (χ1) is 4.54. The molecule has 4 N–H and O–H groups in total. The van der Waals surface area contributed by atoms with Crippen molar-refractivity contribution in [3.05, 3.63) is 0 Å². The van der Waals surface area contributed by atoms with Crippen LogP contribution in [0.5, 0.6) is 0 Å². The van der Waals surface area contributed by atoms with Gasteiger partial charge in [-0.15, -0.1) is 0 Å². The molecule has 0 amide bonds. The predicted molar refractivity (Wildman–Crippen MR) is 43.8 cm³/mol. The normalized spacial score (nSPS) is 11.4. The summed E-state index contributed by atoms with van der Waals surface area (Å²) in [6.07, 6.45) is -0.224. The Kier molecular flexibility index (Phi) is 7.33. The third kappa shape index (κ3) is 7.34. The van der Waals surface area contributed by atoms with Gasteiger partial charge in [0.2, 0.25) is 0 Å². The summed E-state index contributed by atoms with van der Waals surface area (Å²) in [5.74, 6) is -2.20. The first kappa shape index (κ1) is 13.1. The summed E-state index contributed by atoms with van der Waals surface area (Å²) >= 11 is 0. The fourth-order valence-corrected chi connectivity index (χ4v) is 0.402. The molecular formula is C5H13GeNO4. The van der Waals surface area contributed by atoms with Crippen LogP contribution in [0.2, 0.25) is 0 Å². The Labute approximate surface area is 74.5 Å². The van der Waals surface area contributed by atoms with Crippen molar-refractivity contribution >= 4 is 29.5 Å². The molecule has 5 nitrogen and oxygen atoms in total. The monoisotopic (exact) mass is 225 g/mol. The van der Waals surface area contributed by atoms with E-state index in [9.17, 15) is 9.59 Å². The van der Waals surface area contributed by atoms with E-state index in [2.05, 4.69) is 0 Å². The minimum absolute atomic E-state index is 0. The molecule has 6 heteroatoms. The first-order valence-corrected chi connectivity index (χ1v) is 2.74. The van der Waals surface area contributed by atoms with E-state index < -0.39 is 18.0 Å². The molecule has 0 heterocycles. The van der Waals surface area contributed by atoms with Crippen molar-refractivity contribution in [1.82, 2.24) is 0 Å². The maximum absolute atomic E-state index is 9.99. The molecule has 1 unspecified atom stereocenters. The van der Waals surface area contributed by atoms with Gasteiger partial charge in [-0.05, 0) is 6.42 Å². The summed E-state index contributed by atoms with van der Waals surface area (Å²) < 4.78 is 0. The van der Waals surface area contributed by atoms with Gasteiger partial charge in [-0.25, -0.2) is 0 Å². The van der Waals surface area contributed by atoms with Crippen molar-refractivity contribution in [2.24, 2.45) is 5.73 Å². The van der Waals surface area contributed by atoms with Gasteiger partial charge in [-0.2, -0.15) is 0 Å². The van der Waals surface area contributed by atoms with Gasteiger partial charge in [0.15, 0.2) is 0 Å². The van der Waals surface area contributed by atoms with Crippen LogP contribution in [0, 0.1) is 0 Å². The Morgan fingerprint density at radius 2 is 1.82 bits per heavy atom. The van der Waals surface area contributed by atoms with Crippen LogP contribution in [-0.4, -0.2) is 45.8 Å². The molecule has 0 saturated heterocycles. The van der Waals surface area contributed by atoms with Gasteiger partial charge < -0.3 is 15.9 Å². The Bertz CT molecular complexity index is 149. The van der Waals surface area contributed by atoms with Gasteiger partial charge in [0.25, 0.3) is 0 Å². The fourth-order valence-electron chi connectivity index (χ4n) is 0.402. The molecule has 1 atom stereocenters. The summed E-state index contributed by atoms with van der Waals surface area (Å²) in [6, 6.07) is -1.06. The second kappa shape index (κ2) is 6.17. The van der Waals surface area contributed by atoms with Crippen molar-refractivity contribution in [3.8, 4) is 0 Å². The number of nitrogens with two attached hydrogens (primary N) is 1. The van der Waals surface area contributed by atoms with Gasteiger partial charge in [-0.3, -0.25) is 9.59 Å². The van der Waals surface area contributed by atoms with Crippen molar-refractivity contribution in [1.29, 1.82) is 0 Å². The SMILES string of the molecule is NC(CCC(=O)O)C(=O)O.[GeH4]. The zero-order chi connectivity index (χ0) is 8.15. The molecule has 0 bridgehead atoms.